The van der Waals surface area contributed by atoms with Gasteiger partial charge in [0, 0.05) is 11.3 Å². The molecule has 2 rings (SSSR count). The third-order valence-electron chi connectivity index (χ3n) is 2.54. The minimum Gasteiger partial charge on any atom is -0.238 e. The van der Waals surface area contributed by atoms with Crippen molar-refractivity contribution in [3.8, 4) is 0 Å². The zero-order chi connectivity index (χ0) is 10.3. The van der Waals surface area contributed by atoms with Crippen molar-refractivity contribution >= 4 is 5.52 Å². The summed E-state index contributed by atoms with van der Waals surface area (Å²) in [6.07, 6.45) is 1.97. The van der Waals surface area contributed by atoms with Gasteiger partial charge >= 0.3 is 0 Å². The Kier molecular flexibility index (Phi) is 1.88. The Labute approximate surface area is 84.6 Å². The van der Waals surface area contributed by atoms with E-state index in [1.165, 1.54) is 16.8 Å². The lowest BCUT2D eigenvalue weighted by Gasteiger charge is -2.16. The maximum Gasteiger partial charge on any atom is 0.0702 e. The smallest absolute Gasteiger partial charge is 0.0702 e. The van der Waals surface area contributed by atoms with Crippen molar-refractivity contribution < 1.29 is 0 Å². The van der Waals surface area contributed by atoms with Gasteiger partial charge in [0.2, 0.25) is 0 Å². The van der Waals surface area contributed by atoms with Gasteiger partial charge in [0.05, 0.1) is 11.7 Å². The fourth-order valence-electron chi connectivity index (χ4n) is 1.73. The first kappa shape index (κ1) is 9.25. The van der Waals surface area contributed by atoms with Crippen LogP contribution < -0.4 is 0 Å². The quantitative estimate of drug-likeness (QED) is 0.621. The van der Waals surface area contributed by atoms with E-state index in [2.05, 4.69) is 51.0 Å². The number of aryl methyl sites for hydroxylation is 1. The summed E-state index contributed by atoms with van der Waals surface area (Å²) < 4.78 is 2.00. The summed E-state index contributed by atoms with van der Waals surface area (Å²) in [5.74, 6) is 0. The molecule has 0 radical (unpaired) electrons. The van der Waals surface area contributed by atoms with Crippen LogP contribution in [0.4, 0.5) is 0 Å². The largest absolute Gasteiger partial charge is 0.238 e. The molecule has 0 aliphatic carbocycles. The normalized spacial score (nSPS) is 12.3. The highest BCUT2D eigenvalue weighted by atomic mass is 15.2. The molecule has 0 saturated carbocycles. The van der Waals surface area contributed by atoms with Gasteiger partial charge in [0.25, 0.3) is 0 Å². The number of pyridine rings is 1. The van der Waals surface area contributed by atoms with E-state index in [0.717, 1.165) is 0 Å². The first-order valence-corrected chi connectivity index (χ1v) is 4.94. The van der Waals surface area contributed by atoms with Crippen molar-refractivity contribution in [2.75, 3.05) is 0 Å². The first-order valence-electron chi connectivity index (χ1n) is 4.94. The Balaban J connectivity index is 2.76. The topological polar surface area (TPSA) is 17.3 Å². The summed E-state index contributed by atoms with van der Waals surface area (Å²) in [6.45, 7) is 8.72. The second kappa shape index (κ2) is 2.84. The molecule has 0 atom stereocenters. The van der Waals surface area contributed by atoms with E-state index in [1.807, 2.05) is 10.7 Å². The minimum atomic E-state index is 0.162. The maximum atomic E-state index is 4.40. The maximum absolute atomic E-state index is 4.40. The second-order valence-electron chi connectivity index (χ2n) is 4.77. The van der Waals surface area contributed by atoms with Crippen LogP contribution in [0.5, 0.6) is 0 Å². The molecule has 0 fully saturated rings. The zero-order valence-electron chi connectivity index (χ0n) is 9.20. The highest BCUT2D eigenvalue weighted by Crippen LogP contribution is 2.26. The van der Waals surface area contributed by atoms with Crippen LogP contribution in [0, 0.1) is 6.92 Å². The Morgan fingerprint density at radius 3 is 2.57 bits per heavy atom. The summed E-state index contributed by atoms with van der Waals surface area (Å²) in [7, 11) is 0. The van der Waals surface area contributed by atoms with Crippen LogP contribution >= 0.6 is 0 Å². The van der Waals surface area contributed by atoms with E-state index in [1.54, 1.807) is 0 Å². The molecule has 0 amide bonds. The average molecular weight is 188 g/mol. The lowest BCUT2D eigenvalue weighted by atomic mass is 9.88. The lowest BCUT2D eigenvalue weighted by Crippen LogP contribution is -2.10. The van der Waals surface area contributed by atoms with Crippen LogP contribution in [-0.4, -0.2) is 9.61 Å². The van der Waals surface area contributed by atoms with Gasteiger partial charge in [-0.15, -0.1) is 0 Å². The molecule has 0 bridgehead atoms. The molecule has 0 aromatic carbocycles. The number of fused-ring (bicyclic) bond motifs is 1. The third-order valence-corrected chi connectivity index (χ3v) is 2.54. The van der Waals surface area contributed by atoms with Crippen LogP contribution in [0.2, 0.25) is 0 Å². The van der Waals surface area contributed by atoms with Crippen molar-refractivity contribution in [3.05, 3.63) is 35.7 Å². The van der Waals surface area contributed by atoms with Crippen LogP contribution in [0.3, 0.4) is 0 Å². The van der Waals surface area contributed by atoms with Gasteiger partial charge in [0.15, 0.2) is 0 Å². The highest BCUT2D eigenvalue weighted by Gasteiger charge is 2.18. The SMILES string of the molecule is Cc1cccc2c(C(C)(C)C)cnn12. The predicted molar refractivity (Wildman–Crippen MR) is 58.6 cm³/mol. The monoisotopic (exact) mass is 188 g/mol. The molecule has 2 heteroatoms. The van der Waals surface area contributed by atoms with Gasteiger partial charge in [-0.1, -0.05) is 26.8 Å². The van der Waals surface area contributed by atoms with Gasteiger partial charge in [-0.3, -0.25) is 0 Å². The number of aromatic nitrogens is 2. The Bertz CT molecular complexity index is 461. The summed E-state index contributed by atoms with van der Waals surface area (Å²) in [5, 5.41) is 4.40. The number of hydrogen-bond donors (Lipinski definition) is 0. The zero-order valence-corrected chi connectivity index (χ0v) is 9.20. The van der Waals surface area contributed by atoms with Crippen molar-refractivity contribution in [1.82, 2.24) is 9.61 Å². The summed E-state index contributed by atoms with van der Waals surface area (Å²) >= 11 is 0. The second-order valence-corrected chi connectivity index (χ2v) is 4.77. The van der Waals surface area contributed by atoms with Gasteiger partial charge < -0.3 is 0 Å². The number of hydrogen-bond acceptors (Lipinski definition) is 1. The Morgan fingerprint density at radius 1 is 1.21 bits per heavy atom. The fourth-order valence-corrected chi connectivity index (χ4v) is 1.73. The molecule has 74 valence electrons. The standard InChI is InChI=1S/C12H16N2/c1-9-6-5-7-11-10(12(2,3)4)8-13-14(9)11/h5-8H,1-4H3. The number of rotatable bonds is 0. The van der Waals surface area contributed by atoms with E-state index in [9.17, 15) is 0 Å². The van der Waals surface area contributed by atoms with Gasteiger partial charge in [-0.25, -0.2) is 4.52 Å². The van der Waals surface area contributed by atoms with E-state index >= 15 is 0 Å². The molecule has 2 aromatic heterocycles. The summed E-state index contributed by atoms with van der Waals surface area (Å²) in [5.41, 5.74) is 3.87. The van der Waals surface area contributed by atoms with Crippen molar-refractivity contribution in [3.63, 3.8) is 0 Å². The van der Waals surface area contributed by atoms with E-state index in [-0.39, 0.29) is 5.41 Å². The van der Waals surface area contributed by atoms with E-state index in [4.69, 9.17) is 0 Å². The molecule has 2 heterocycles. The Hall–Kier alpha value is -1.31. The number of nitrogens with zero attached hydrogens (tertiary/aromatic N) is 2. The van der Waals surface area contributed by atoms with Gasteiger partial charge in [-0.2, -0.15) is 5.10 Å². The molecule has 0 aliphatic rings. The van der Waals surface area contributed by atoms with Gasteiger partial charge in [-0.05, 0) is 24.5 Å². The van der Waals surface area contributed by atoms with Crippen LogP contribution in [-0.2, 0) is 5.41 Å². The summed E-state index contributed by atoms with van der Waals surface area (Å²) in [6, 6.07) is 6.29. The average Bonchev–Trinajstić information content (AvgIpc) is 2.47. The molecule has 0 spiro atoms. The highest BCUT2D eigenvalue weighted by molar-refractivity contribution is 5.57. The lowest BCUT2D eigenvalue weighted by molar-refractivity contribution is 0.595. The molecule has 0 N–H and O–H groups in total. The van der Waals surface area contributed by atoms with Crippen LogP contribution in [0.1, 0.15) is 32.0 Å². The van der Waals surface area contributed by atoms with Gasteiger partial charge in [0.1, 0.15) is 0 Å². The third kappa shape index (κ3) is 1.31. The van der Waals surface area contributed by atoms with E-state index < -0.39 is 0 Å². The molecule has 0 aliphatic heterocycles. The van der Waals surface area contributed by atoms with Crippen LogP contribution in [0.25, 0.3) is 5.52 Å². The molecular formula is C12H16N2. The molecule has 0 unspecified atom stereocenters. The van der Waals surface area contributed by atoms with E-state index in [0.29, 0.717) is 0 Å². The molecule has 0 saturated heterocycles. The molecule has 2 nitrogen and oxygen atoms in total. The molecular weight excluding hydrogens is 172 g/mol. The Morgan fingerprint density at radius 2 is 1.93 bits per heavy atom. The molecule has 14 heavy (non-hydrogen) atoms. The summed E-state index contributed by atoms with van der Waals surface area (Å²) in [4.78, 5) is 0. The van der Waals surface area contributed by atoms with Crippen LogP contribution in [0.15, 0.2) is 24.4 Å². The first-order chi connectivity index (χ1) is 6.50. The predicted octanol–water partition coefficient (Wildman–Crippen LogP) is 2.94. The minimum absolute atomic E-state index is 0.162. The van der Waals surface area contributed by atoms with Crippen molar-refractivity contribution in [2.24, 2.45) is 0 Å². The molecule has 2 aromatic rings. The van der Waals surface area contributed by atoms with Crippen molar-refractivity contribution in [1.29, 1.82) is 0 Å². The fraction of sp³-hybridized carbons (Fsp3) is 0.417. The van der Waals surface area contributed by atoms with Crippen molar-refractivity contribution in [2.45, 2.75) is 33.1 Å².